The number of carbonyl (C=O) groups is 1. The smallest absolute Gasteiger partial charge is 0.203 e. The Labute approximate surface area is 83.9 Å². The molecule has 0 N–H and O–H groups in total. The fraction of sp³-hybridized carbons (Fsp3) is 0.417. The predicted molar refractivity (Wildman–Crippen MR) is 55.0 cm³/mol. The van der Waals surface area contributed by atoms with Gasteiger partial charge in [-0.3, -0.25) is 4.79 Å². The number of carbonyl (C=O) groups excluding carboxylic acids is 1. The van der Waals surface area contributed by atoms with Gasteiger partial charge in [-0.25, -0.2) is 0 Å². The second-order valence-electron chi connectivity index (χ2n) is 3.78. The molecular formula is C12H14O2. The first kappa shape index (κ1) is 9.25. The largest absolute Gasteiger partial charge is 0.485 e. The number of ether oxygens (including phenoxy) is 1. The first-order valence-electron chi connectivity index (χ1n) is 5.02. The van der Waals surface area contributed by atoms with Gasteiger partial charge in [0.2, 0.25) is 5.78 Å². The molecule has 0 aromatic heterocycles. The Hall–Kier alpha value is -1.31. The Morgan fingerprint density at radius 2 is 2.29 bits per heavy atom. The van der Waals surface area contributed by atoms with Gasteiger partial charge in [-0.05, 0) is 30.0 Å². The minimum atomic E-state index is 0.102. The SMILES string of the molecule is CCC(C)c1ccc2c(c1)C(=O)CO2. The zero-order valence-corrected chi connectivity index (χ0v) is 8.54. The van der Waals surface area contributed by atoms with Crippen molar-refractivity contribution in [1.29, 1.82) is 0 Å². The lowest BCUT2D eigenvalue weighted by atomic mass is 9.96. The van der Waals surface area contributed by atoms with Crippen molar-refractivity contribution in [2.45, 2.75) is 26.2 Å². The van der Waals surface area contributed by atoms with E-state index in [1.807, 2.05) is 18.2 Å². The minimum absolute atomic E-state index is 0.102. The molecule has 1 aromatic carbocycles. The molecule has 0 saturated carbocycles. The zero-order valence-electron chi connectivity index (χ0n) is 8.54. The van der Waals surface area contributed by atoms with E-state index in [-0.39, 0.29) is 12.4 Å². The monoisotopic (exact) mass is 190 g/mol. The van der Waals surface area contributed by atoms with Crippen LogP contribution in [0.1, 0.15) is 42.1 Å². The molecule has 0 aliphatic carbocycles. The van der Waals surface area contributed by atoms with E-state index in [4.69, 9.17) is 4.74 Å². The van der Waals surface area contributed by atoms with Gasteiger partial charge in [0.25, 0.3) is 0 Å². The quantitative estimate of drug-likeness (QED) is 0.716. The average molecular weight is 190 g/mol. The molecule has 1 aromatic rings. The summed E-state index contributed by atoms with van der Waals surface area (Å²) in [5.74, 6) is 1.35. The van der Waals surface area contributed by atoms with Gasteiger partial charge in [-0.2, -0.15) is 0 Å². The maximum absolute atomic E-state index is 11.4. The average Bonchev–Trinajstić information content (AvgIpc) is 2.59. The van der Waals surface area contributed by atoms with Crippen molar-refractivity contribution in [3.05, 3.63) is 29.3 Å². The van der Waals surface area contributed by atoms with Gasteiger partial charge in [0.15, 0.2) is 6.61 Å². The summed E-state index contributed by atoms with van der Waals surface area (Å²) in [6.07, 6.45) is 1.09. The second kappa shape index (κ2) is 3.45. The lowest BCUT2D eigenvalue weighted by Crippen LogP contribution is -1.99. The molecular weight excluding hydrogens is 176 g/mol. The van der Waals surface area contributed by atoms with Crippen LogP contribution >= 0.6 is 0 Å². The molecule has 0 fully saturated rings. The Balaban J connectivity index is 2.39. The lowest BCUT2D eigenvalue weighted by molar-refractivity contribution is 0.0961. The Morgan fingerprint density at radius 3 is 3.00 bits per heavy atom. The third-order valence-electron chi connectivity index (χ3n) is 2.84. The molecule has 2 heteroatoms. The molecule has 0 amide bonds. The molecule has 14 heavy (non-hydrogen) atoms. The Bertz CT molecular complexity index is 369. The van der Waals surface area contributed by atoms with E-state index in [0.717, 1.165) is 17.7 Å². The van der Waals surface area contributed by atoms with Crippen LogP contribution < -0.4 is 4.74 Å². The minimum Gasteiger partial charge on any atom is -0.485 e. The lowest BCUT2D eigenvalue weighted by Gasteiger charge is -2.09. The van der Waals surface area contributed by atoms with Crippen LogP contribution in [0.5, 0.6) is 5.75 Å². The van der Waals surface area contributed by atoms with Crippen LogP contribution in [0.25, 0.3) is 0 Å². The van der Waals surface area contributed by atoms with E-state index in [2.05, 4.69) is 13.8 Å². The molecule has 1 unspecified atom stereocenters. The first-order chi connectivity index (χ1) is 6.72. The molecule has 0 bridgehead atoms. The molecule has 2 rings (SSSR count). The van der Waals surface area contributed by atoms with Gasteiger partial charge in [-0.15, -0.1) is 0 Å². The summed E-state index contributed by atoms with van der Waals surface area (Å²) in [6, 6.07) is 5.92. The molecule has 0 spiro atoms. The summed E-state index contributed by atoms with van der Waals surface area (Å²) >= 11 is 0. The Morgan fingerprint density at radius 1 is 1.50 bits per heavy atom. The number of fused-ring (bicyclic) bond motifs is 1. The molecule has 1 aliphatic rings. The molecule has 74 valence electrons. The molecule has 0 radical (unpaired) electrons. The van der Waals surface area contributed by atoms with Crippen molar-refractivity contribution in [3.8, 4) is 5.75 Å². The van der Waals surface area contributed by atoms with Gasteiger partial charge in [0.05, 0.1) is 5.56 Å². The van der Waals surface area contributed by atoms with Crippen molar-refractivity contribution in [2.75, 3.05) is 6.61 Å². The van der Waals surface area contributed by atoms with E-state index >= 15 is 0 Å². The first-order valence-corrected chi connectivity index (χ1v) is 5.02. The highest BCUT2D eigenvalue weighted by molar-refractivity contribution is 6.02. The standard InChI is InChI=1S/C12H14O2/c1-3-8(2)9-4-5-12-10(6-9)11(13)7-14-12/h4-6,8H,3,7H2,1-2H3. The van der Waals surface area contributed by atoms with Crippen molar-refractivity contribution >= 4 is 5.78 Å². The van der Waals surface area contributed by atoms with Crippen LogP contribution in [0.2, 0.25) is 0 Å². The highest BCUT2D eigenvalue weighted by Crippen LogP contribution is 2.29. The molecule has 1 atom stereocenters. The Kier molecular flexibility index (Phi) is 2.28. The summed E-state index contributed by atoms with van der Waals surface area (Å²) in [6.45, 7) is 4.53. The number of rotatable bonds is 2. The van der Waals surface area contributed by atoms with E-state index in [9.17, 15) is 4.79 Å². The summed E-state index contributed by atoms with van der Waals surface area (Å²) < 4.78 is 5.23. The summed E-state index contributed by atoms with van der Waals surface area (Å²) in [7, 11) is 0. The van der Waals surface area contributed by atoms with Crippen molar-refractivity contribution in [3.63, 3.8) is 0 Å². The number of benzene rings is 1. The van der Waals surface area contributed by atoms with Gasteiger partial charge < -0.3 is 4.74 Å². The van der Waals surface area contributed by atoms with Crippen molar-refractivity contribution < 1.29 is 9.53 Å². The topological polar surface area (TPSA) is 26.3 Å². The predicted octanol–water partition coefficient (Wildman–Crippen LogP) is 2.78. The fourth-order valence-corrected chi connectivity index (χ4v) is 1.65. The summed E-state index contributed by atoms with van der Waals surface area (Å²) in [5.41, 5.74) is 1.98. The third kappa shape index (κ3) is 1.41. The second-order valence-corrected chi connectivity index (χ2v) is 3.78. The maximum Gasteiger partial charge on any atom is 0.203 e. The van der Waals surface area contributed by atoms with Gasteiger partial charge in [-0.1, -0.05) is 19.9 Å². The normalized spacial score (nSPS) is 16.3. The van der Waals surface area contributed by atoms with Crippen molar-refractivity contribution in [1.82, 2.24) is 0 Å². The fourth-order valence-electron chi connectivity index (χ4n) is 1.65. The highest BCUT2D eigenvalue weighted by Gasteiger charge is 2.21. The van der Waals surface area contributed by atoms with E-state index in [1.165, 1.54) is 5.56 Å². The number of hydrogen-bond acceptors (Lipinski definition) is 2. The van der Waals surface area contributed by atoms with Crippen LogP contribution in [0.4, 0.5) is 0 Å². The zero-order chi connectivity index (χ0) is 10.1. The highest BCUT2D eigenvalue weighted by atomic mass is 16.5. The van der Waals surface area contributed by atoms with E-state index in [1.54, 1.807) is 0 Å². The van der Waals surface area contributed by atoms with Crippen LogP contribution in [0.3, 0.4) is 0 Å². The van der Waals surface area contributed by atoms with E-state index in [0.29, 0.717) is 5.92 Å². The number of ketones is 1. The van der Waals surface area contributed by atoms with Gasteiger partial charge in [0.1, 0.15) is 5.75 Å². The summed E-state index contributed by atoms with van der Waals surface area (Å²) in [5, 5.41) is 0. The molecule has 1 heterocycles. The van der Waals surface area contributed by atoms with Crippen LogP contribution in [0.15, 0.2) is 18.2 Å². The van der Waals surface area contributed by atoms with Crippen LogP contribution in [-0.4, -0.2) is 12.4 Å². The van der Waals surface area contributed by atoms with Gasteiger partial charge in [0, 0.05) is 0 Å². The molecule has 1 aliphatic heterocycles. The number of hydrogen-bond donors (Lipinski definition) is 0. The van der Waals surface area contributed by atoms with Crippen LogP contribution in [-0.2, 0) is 0 Å². The third-order valence-corrected chi connectivity index (χ3v) is 2.84. The number of Topliss-reactive ketones (excluding diaryl/α,β-unsaturated/α-hetero) is 1. The van der Waals surface area contributed by atoms with Gasteiger partial charge >= 0.3 is 0 Å². The van der Waals surface area contributed by atoms with Crippen molar-refractivity contribution in [2.24, 2.45) is 0 Å². The van der Waals surface area contributed by atoms with E-state index < -0.39 is 0 Å². The summed E-state index contributed by atoms with van der Waals surface area (Å²) in [4.78, 5) is 11.4. The van der Waals surface area contributed by atoms with Crippen LogP contribution in [0, 0.1) is 0 Å². The maximum atomic E-state index is 11.4. The molecule has 2 nitrogen and oxygen atoms in total. The molecule has 0 saturated heterocycles.